The standard InChI is InChI=1S/C21H21ClN4O2/c1-13(2)28-17-7-5-16(6-8-17)24-21-23-11-10-19(26-21)20(27)25-18-9-4-15(22)12-14(18)3/h4-13H,1-3H3,(H,25,27)(H,23,24,26). The molecule has 0 aliphatic carbocycles. The third-order valence-corrected chi connectivity index (χ3v) is 4.04. The van der Waals surface area contributed by atoms with Crippen LogP contribution in [0, 0.1) is 6.92 Å². The Balaban J connectivity index is 1.70. The topological polar surface area (TPSA) is 76.1 Å². The van der Waals surface area contributed by atoms with Crippen molar-refractivity contribution in [2.45, 2.75) is 26.9 Å². The zero-order chi connectivity index (χ0) is 20.1. The van der Waals surface area contributed by atoms with Gasteiger partial charge in [-0.25, -0.2) is 9.97 Å². The Kier molecular flexibility index (Phi) is 6.11. The molecule has 0 radical (unpaired) electrons. The summed E-state index contributed by atoms with van der Waals surface area (Å²) >= 11 is 5.95. The smallest absolute Gasteiger partial charge is 0.274 e. The summed E-state index contributed by atoms with van der Waals surface area (Å²) in [4.78, 5) is 21.0. The molecule has 2 aromatic carbocycles. The van der Waals surface area contributed by atoms with E-state index in [1.54, 1.807) is 24.3 Å². The molecule has 1 amide bonds. The second-order valence-electron chi connectivity index (χ2n) is 6.49. The molecule has 0 aliphatic heterocycles. The van der Waals surface area contributed by atoms with Gasteiger partial charge in [-0.1, -0.05) is 11.6 Å². The highest BCUT2D eigenvalue weighted by Crippen LogP contribution is 2.21. The third kappa shape index (κ3) is 5.20. The number of hydrogen-bond donors (Lipinski definition) is 2. The van der Waals surface area contributed by atoms with Crippen LogP contribution in [-0.4, -0.2) is 22.0 Å². The highest BCUT2D eigenvalue weighted by atomic mass is 35.5. The zero-order valence-electron chi connectivity index (χ0n) is 15.9. The molecule has 0 saturated carbocycles. The first-order chi connectivity index (χ1) is 13.4. The Bertz CT molecular complexity index is 974. The Morgan fingerprint density at radius 3 is 2.54 bits per heavy atom. The molecule has 2 N–H and O–H groups in total. The predicted molar refractivity (Wildman–Crippen MR) is 112 cm³/mol. The lowest BCUT2D eigenvalue weighted by atomic mass is 10.2. The summed E-state index contributed by atoms with van der Waals surface area (Å²) in [7, 11) is 0. The molecule has 1 heterocycles. The molecular weight excluding hydrogens is 376 g/mol. The molecule has 3 aromatic rings. The zero-order valence-corrected chi connectivity index (χ0v) is 16.6. The molecule has 0 bridgehead atoms. The highest BCUT2D eigenvalue weighted by Gasteiger charge is 2.11. The van der Waals surface area contributed by atoms with Gasteiger partial charge in [-0.05, 0) is 74.9 Å². The maximum atomic E-state index is 12.5. The van der Waals surface area contributed by atoms with E-state index >= 15 is 0 Å². The van der Waals surface area contributed by atoms with Gasteiger partial charge in [0.25, 0.3) is 5.91 Å². The monoisotopic (exact) mass is 396 g/mol. The van der Waals surface area contributed by atoms with Gasteiger partial charge in [-0.2, -0.15) is 0 Å². The van der Waals surface area contributed by atoms with Crippen LogP contribution in [0.2, 0.25) is 5.02 Å². The van der Waals surface area contributed by atoms with Gasteiger partial charge >= 0.3 is 0 Å². The summed E-state index contributed by atoms with van der Waals surface area (Å²) < 4.78 is 5.62. The maximum absolute atomic E-state index is 12.5. The molecule has 0 saturated heterocycles. The number of hydrogen-bond acceptors (Lipinski definition) is 5. The maximum Gasteiger partial charge on any atom is 0.274 e. The molecule has 144 valence electrons. The molecule has 1 aromatic heterocycles. The Hall–Kier alpha value is -3.12. The first-order valence-corrected chi connectivity index (χ1v) is 9.23. The molecule has 0 fully saturated rings. The van der Waals surface area contributed by atoms with Crippen LogP contribution in [0.25, 0.3) is 0 Å². The Morgan fingerprint density at radius 1 is 1.11 bits per heavy atom. The number of benzene rings is 2. The van der Waals surface area contributed by atoms with Crippen LogP contribution >= 0.6 is 11.6 Å². The van der Waals surface area contributed by atoms with Crippen LogP contribution in [0.3, 0.4) is 0 Å². The summed E-state index contributed by atoms with van der Waals surface area (Å²) in [5, 5.41) is 6.54. The lowest BCUT2D eigenvalue weighted by molar-refractivity contribution is 0.102. The van der Waals surface area contributed by atoms with E-state index in [0.717, 1.165) is 17.0 Å². The number of halogens is 1. The van der Waals surface area contributed by atoms with Gasteiger partial charge in [0, 0.05) is 22.6 Å². The molecule has 3 rings (SSSR count). The van der Waals surface area contributed by atoms with E-state index in [0.29, 0.717) is 16.7 Å². The van der Waals surface area contributed by atoms with Crippen LogP contribution in [0.5, 0.6) is 5.75 Å². The number of amides is 1. The molecule has 0 atom stereocenters. The van der Waals surface area contributed by atoms with Gasteiger partial charge in [0.1, 0.15) is 11.4 Å². The highest BCUT2D eigenvalue weighted by molar-refractivity contribution is 6.30. The fourth-order valence-electron chi connectivity index (χ4n) is 2.52. The molecule has 28 heavy (non-hydrogen) atoms. The number of carbonyl (C=O) groups excluding carboxylic acids is 1. The number of aromatic nitrogens is 2. The van der Waals surface area contributed by atoms with Crippen LogP contribution < -0.4 is 15.4 Å². The van der Waals surface area contributed by atoms with Gasteiger partial charge < -0.3 is 15.4 Å². The number of rotatable bonds is 6. The van der Waals surface area contributed by atoms with Crippen LogP contribution in [0.15, 0.2) is 54.7 Å². The van der Waals surface area contributed by atoms with Crippen molar-refractivity contribution in [3.05, 3.63) is 71.0 Å². The quantitative estimate of drug-likeness (QED) is 0.597. The number of nitrogens with zero attached hydrogens (tertiary/aromatic N) is 2. The molecule has 0 unspecified atom stereocenters. The predicted octanol–water partition coefficient (Wildman–Crippen LogP) is 5.22. The SMILES string of the molecule is Cc1cc(Cl)ccc1NC(=O)c1ccnc(Nc2ccc(OC(C)C)cc2)n1. The molecular formula is C21H21ClN4O2. The van der Waals surface area contributed by atoms with Crippen molar-refractivity contribution in [1.82, 2.24) is 9.97 Å². The van der Waals surface area contributed by atoms with E-state index in [4.69, 9.17) is 16.3 Å². The number of aryl methyl sites for hydroxylation is 1. The van der Waals surface area contributed by atoms with E-state index < -0.39 is 0 Å². The van der Waals surface area contributed by atoms with E-state index in [-0.39, 0.29) is 17.7 Å². The van der Waals surface area contributed by atoms with Crippen LogP contribution in [-0.2, 0) is 0 Å². The van der Waals surface area contributed by atoms with Crippen molar-refractivity contribution >= 4 is 34.8 Å². The fraction of sp³-hybridized carbons (Fsp3) is 0.190. The minimum absolute atomic E-state index is 0.113. The largest absolute Gasteiger partial charge is 0.491 e. The number of ether oxygens (including phenoxy) is 1. The lowest BCUT2D eigenvalue weighted by Gasteiger charge is -2.11. The number of nitrogens with one attached hydrogen (secondary N) is 2. The molecule has 0 spiro atoms. The van der Waals surface area contributed by atoms with Crippen molar-refractivity contribution in [2.24, 2.45) is 0 Å². The fourth-order valence-corrected chi connectivity index (χ4v) is 2.74. The first-order valence-electron chi connectivity index (χ1n) is 8.85. The van der Waals surface area contributed by atoms with Crippen LogP contribution in [0.4, 0.5) is 17.3 Å². The van der Waals surface area contributed by atoms with Crippen molar-refractivity contribution in [1.29, 1.82) is 0 Å². The first kappa shape index (κ1) is 19.6. The van der Waals surface area contributed by atoms with E-state index in [2.05, 4.69) is 20.6 Å². The van der Waals surface area contributed by atoms with Crippen LogP contribution in [0.1, 0.15) is 29.9 Å². The van der Waals surface area contributed by atoms with Gasteiger partial charge in [0.2, 0.25) is 5.95 Å². The summed E-state index contributed by atoms with van der Waals surface area (Å²) in [6.07, 6.45) is 1.65. The average Bonchev–Trinajstić information content (AvgIpc) is 2.65. The lowest BCUT2D eigenvalue weighted by Crippen LogP contribution is -2.15. The third-order valence-electron chi connectivity index (χ3n) is 3.81. The van der Waals surface area contributed by atoms with Gasteiger partial charge in [-0.3, -0.25) is 4.79 Å². The summed E-state index contributed by atoms with van der Waals surface area (Å²) in [6.45, 7) is 5.82. The molecule has 0 aliphatic rings. The Morgan fingerprint density at radius 2 is 1.86 bits per heavy atom. The normalized spacial score (nSPS) is 10.6. The summed E-state index contributed by atoms with van der Waals surface area (Å²) in [6, 6.07) is 14.3. The minimum atomic E-state index is -0.323. The van der Waals surface area contributed by atoms with Crippen molar-refractivity contribution in [3.63, 3.8) is 0 Å². The van der Waals surface area contributed by atoms with Crippen molar-refractivity contribution in [3.8, 4) is 5.75 Å². The average molecular weight is 397 g/mol. The second-order valence-corrected chi connectivity index (χ2v) is 6.93. The Labute approximate surface area is 168 Å². The summed E-state index contributed by atoms with van der Waals surface area (Å²) in [5.41, 5.74) is 2.61. The minimum Gasteiger partial charge on any atom is -0.491 e. The van der Waals surface area contributed by atoms with Crippen molar-refractivity contribution < 1.29 is 9.53 Å². The van der Waals surface area contributed by atoms with E-state index in [1.807, 2.05) is 45.0 Å². The van der Waals surface area contributed by atoms with Gasteiger partial charge in [-0.15, -0.1) is 0 Å². The van der Waals surface area contributed by atoms with Crippen molar-refractivity contribution in [2.75, 3.05) is 10.6 Å². The number of anilines is 3. The summed E-state index contributed by atoms with van der Waals surface area (Å²) in [5.74, 6) is 0.794. The van der Waals surface area contributed by atoms with E-state index in [1.165, 1.54) is 6.20 Å². The molecule has 7 heteroatoms. The van der Waals surface area contributed by atoms with Gasteiger partial charge in [0.05, 0.1) is 6.10 Å². The van der Waals surface area contributed by atoms with E-state index in [9.17, 15) is 4.79 Å². The van der Waals surface area contributed by atoms with Gasteiger partial charge in [0.15, 0.2) is 0 Å². The second kappa shape index (κ2) is 8.71. The number of carbonyl (C=O) groups is 1. The molecule has 6 nitrogen and oxygen atoms in total.